The Labute approximate surface area is 96.8 Å². The minimum absolute atomic E-state index is 0.388. The molecule has 0 bridgehead atoms. The van der Waals surface area contributed by atoms with E-state index in [0.29, 0.717) is 6.10 Å². The maximum Gasteiger partial charge on any atom is 0.161 e. The summed E-state index contributed by atoms with van der Waals surface area (Å²) in [5.74, 6) is 1.70. The molecule has 2 rings (SSSR count). The van der Waals surface area contributed by atoms with Crippen LogP contribution < -0.4 is 14.8 Å². The first kappa shape index (κ1) is 11.3. The average Bonchev–Trinajstić information content (AvgIpc) is 2.24. The Morgan fingerprint density at radius 1 is 1.31 bits per heavy atom. The third-order valence-corrected chi connectivity index (χ3v) is 2.95. The summed E-state index contributed by atoms with van der Waals surface area (Å²) in [5, 5.41) is 3.13. The van der Waals surface area contributed by atoms with Gasteiger partial charge in [-0.1, -0.05) is 6.07 Å². The van der Waals surface area contributed by atoms with Gasteiger partial charge in [-0.3, -0.25) is 0 Å². The lowest BCUT2D eigenvalue weighted by Gasteiger charge is -2.27. The fourth-order valence-electron chi connectivity index (χ4n) is 1.80. The van der Waals surface area contributed by atoms with Crippen molar-refractivity contribution < 1.29 is 9.47 Å². The van der Waals surface area contributed by atoms with E-state index in [1.165, 1.54) is 24.8 Å². The number of benzene rings is 1. The SMILES string of the molecule is CNCc1ccc(OC)c(OC2CCC2)c1. The molecule has 0 heterocycles. The number of hydrogen-bond acceptors (Lipinski definition) is 3. The molecule has 0 unspecified atom stereocenters. The largest absolute Gasteiger partial charge is 0.493 e. The molecular formula is C13H19NO2. The average molecular weight is 221 g/mol. The van der Waals surface area contributed by atoms with Gasteiger partial charge in [0.1, 0.15) is 0 Å². The van der Waals surface area contributed by atoms with Crippen molar-refractivity contribution in [1.82, 2.24) is 5.32 Å². The molecule has 1 aromatic carbocycles. The van der Waals surface area contributed by atoms with Crippen LogP contribution in [0.1, 0.15) is 24.8 Å². The summed E-state index contributed by atoms with van der Waals surface area (Å²) in [7, 11) is 3.62. The molecule has 0 aliphatic heterocycles. The highest BCUT2D eigenvalue weighted by Crippen LogP contribution is 2.32. The Morgan fingerprint density at radius 3 is 2.69 bits per heavy atom. The number of rotatable bonds is 5. The van der Waals surface area contributed by atoms with E-state index >= 15 is 0 Å². The fourth-order valence-corrected chi connectivity index (χ4v) is 1.80. The summed E-state index contributed by atoms with van der Waals surface area (Å²) < 4.78 is 11.2. The van der Waals surface area contributed by atoms with Crippen LogP contribution in [0.5, 0.6) is 11.5 Å². The smallest absolute Gasteiger partial charge is 0.161 e. The summed E-state index contributed by atoms with van der Waals surface area (Å²) in [6.45, 7) is 0.852. The van der Waals surface area contributed by atoms with Gasteiger partial charge in [-0.2, -0.15) is 0 Å². The maximum absolute atomic E-state index is 5.91. The molecule has 0 spiro atoms. The quantitative estimate of drug-likeness (QED) is 0.828. The molecule has 1 saturated carbocycles. The number of nitrogens with one attached hydrogen (secondary N) is 1. The van der Waals surface area contributed by atoms with E-state index in [2.05, 4.69) is 17.4 Å². The van der Waals surface area contributed by atoms with Crippen molar-refractivity contribution >= 4 is 0 Å². The topological polar surface area (TPSA) is 30.5 Å². The molecule has 1 fully saturated rings. The van der Waals surface area contributed by atoms with Crippen LogP contribution in [0.2, 0.25) is 0 Å². The van der Waals surface area contributed by atoms with E-state index < -0.39 is 0 Å². The van der Waals surface area contributed by atoms with Gasteiger partial charge >= 0.3 is 0 Å². The zero-order valence-electron chi connectivity index (χ0n) is 9.95. The van der Waals surface area contributed by atoms with Crippen molar-refractivity contribution in [3.05, 3.63) is 23.8 Å². The predicted molar refractivity (Wildman–Crippen MR) is 64.0 cm³/mol. The first-order valence-electron chi connectivity index (χ1n) is 5.81. The molecule has 0 radical (unpaired) electrons. The maximum atomic E-state index is 5.91. The molecule has 88 valence electrons. The molecule has 0 saturated heterocycles. The van der Waals surface area contributed by atoms with E-state index in [4.69, 9.17) is 9.47 Å². The van der Waals surface area contributed by atoms with Crippen LogP contribution in [0.3, 0.4) is 0 Å². The Hall–Kier alpha value is -1.22. The summed E-state index contributed by atoms with van der Waals surface area (Å²) in [4.78, 5) is 0. The highest BCUT2D eigenvalue weighted by molar-refractivity contribution is 5.43. The van der Waals surface area contributed by atoms with Gasteiger partial charge in [0.25, 0.3) is 0 Å². The first-order valence-corrected chi connectivity index (χ1v) is 5.81. The van der Waals surface area contributed by atoms with Crippen molar-refractivity contribution in [3.63, 3.8) is 0 Å². The molecule has 1 aliphatic carbocycles. The first-order chi connectivity index (χ1) is 7.83. The van der Waals surface area contributed by atoms with Crippen molar-refractivity contribution in [2.45, 2.75) is 31.9 Å². The molecule has 0 amide bonds. The lowest BCUT2D eigenvalue weighted by atomic mass is 9.96. The predicted octanol–water partition coefficient (Wildman–Crippen LogP) is 2.35. The van der Waals surface area contributed by atoms with Crippen molar-refractivity contribution in [1.29, 1.82) is 0 Å². The van der Waals surface area contributed by atoms with E-state index in [9.17, 15) is 0 Å². The highest BCUT2D eigenvalue weighted by Gasteiger charge is 2.20. The fraction of sp³-hybridized carbons (Fsp3) is 0.538. The van der Waals surface area contributed by atoms with Gasteiger partial charge in [-0.05, 0) is 44.0 Å². The van der Waals surface area contributed by atoms with Crippen molar-refractivity contribution in [2.75, 3.05) is 14.2 Å². The number of methoxy groups -OCH3 is 1. The van der Waals surface area contributed by atoms with E-state index in [-0.39, 0.29) is 0 Å². The van der Waals surface area contributed by atoms with Crippen LogP contribution in [0.15, 0.2) is 18.2 Å². The molecule has 0 atom stereocenters. The molecule has 3 nitrogen and oxygen atoms in total. The second kappa shape index (κ2) is 5.21. The third kappa shape index (κ3) is 2.47. The van der Waals surface area contributed by atoms with E-state index in [0.717, 1.165) is 18.0 Å². The zero-order valence-corrected chi connectivity index (χ0v) is 9.95. The molecule has 1 aliphatic rings. The molecule has 1 aromatic rings. The molecule has 0 aromatic heterocycles. The van der Waals surface area contributed by atoms with Crippen LogP contribution in [0.4, 0.5) is 0 Å². The van der Waals surface area contributed by atoms with Crippen molar-refractivity contribution in [2.24, 2.45) is 0 Å². The monoisotopic (exact) mass is 221 g/mol. The highest BCUT2D eigenvalue weighted by atomic mass is 16.5. The van der Waals surface area contributed by atoms with Gasteiger partial charge in [-0.15, -0.1) is 0 Å². The zero-order chi connectivity index (χ0) is 11.4. The van der Waals surface area contributed by atoms with Gasteiger partial charge in [-0.25, -0.2) is 0 Å². The van der Waals surface area contributed by atoms with Crippen LogP contribution >= 0.6 is 0 Å². The van der Waals surface area contributed by atoms with Crippen LogP contribution in [0, 0.1) is 0 Å². The number of ether oxygens (including phenoxy) is 2. The molecule has 1 N–H and O–H groups in total. The molecular weight excluding hydrogens is 202 g/mol. The van der Waals surface area contributed by atoms with E-state index in [1.807, 2.05) is 13.1 Å². The Morgan fingerprint density at radius 2 is 2.12 bits per heavy atom. The second-order valence-corrected chi connectivity index (χ2v) is 4.19. The van der Waals surface area contributed by atoms with E-state index in [1.54, 1.807) is 7.11 Å². The van der Waals surface area contributed by atoms with Crippen LogP contribution in [-0.4, -0.2) is 20.3 Å². The summed E-state index contributed by atoms with van der Waals surface area (Å²) in [6.07, 6.45) is 4.00. The summed E-state index contributed by atoms with van der Waals surface area (Å²) in [6, 6.07) is 6.09. The summed E-state index contributed by atoms with van der Waals surface area (Å²) in [5.41, 5.74) is 1.22. The van der Waals surface area contributed by atoms with Gasteiger partial charge in [0.2, 0.25) is 0 Å². The van der Waals surface area contributed by atoms with Crippen LogP contribution in [-0.2, 0) is 6.54 Å². The lowest BCUT2D eigenvalue weighted by Crippen LogP contribution is -2.24. The molecule has 16 heavy (non-hydrogen) atoms. The lowest BCUT2D eigenvalue weighted by molar-refractivity contribution is 0.116. The van der Waals surface area contributed by atoms with Gasteiger partial charge in [0, 0.05) is 6.54 Å². The Bertz CT molecular complexity index is 348. The van der Waals surface area contributed by atoms with Gasteiger partial charge < -0.3 is 14.8 Å². The van der Waals surface area contributed by atoms with Gasteiger partial charge in [0.05, 0.1) is 13.2 Å². The van der Waals surface area contributed by atoms with Crippen LogP contribution in [0.25, 0.3) is 0 Å². The number of hydrogen-bond donors (Lipinski definition) is 1. The Balaban J connectivity index is 2.13. The molecule has 3 heteroatoms. The minimum Gasteiger partial charge on any atom is -0.493 e. The normalized spacial score (nSPS) is 15.6. The minimum atomic E-state index is 0.388. The third-order valence-electron chi connectivity index (χ3n) is 2.95. The standard InChI is InChI=1S/C13H19NO2/c1-14-9-10-6-7-12(15-2)13(8-10)16-11-4-3-5-11/h6-8,11,14H,3-5,9H2,1-2H3. The second-order valence-electron chi connectivity index (χ2n) is 4.19. The van der Waals surface area contributed by atoms with Gasteiger partial charge in [0.15, 0.2) is 11.5 Å². The Kier molecular flexibility index (Phi) is 3.67. The summed E-state index contributed by atoms with van der Waals surface area (Å²) >= 11 is 0. The van der Waals surface area contributed by atoms with Crippen molar-refractivity contribution in [3.8, 4) is 11.5 Å².